The van der Waals surface area contributed by atoms with E-state index in [-0.39, 0.29) is 6.61 Å². The standard InChI is InChI=1S/C14H26N2O2/c1-4-5-6-7-8-9-10-18-14-13(11-17)12(2)15-16(14)3/h17H,4-11H2,1-3H3. The van der Waals surface area contributed by atoms with E-state index < -0.39 is 0 Å². The van der Waals surface area contributed by atoms with Gasteiger partial charge in [-0.25, -0.2) is 4.68 Å². The molecule has 0 radical (unpaired) electrons. The van der Waals surface area contributed by atoms with Gasteiger partial charge in [0.15, 0.2) is 0 Å². The predicted molar refractivity (Wildman–Crippen MR) is 72.7 cm³/mol. The van der Waals surface area contributed by atoms with E-state index in [1.54, 1.807) is 4.68 Å². The highest BCUT2D eigenvalue weighted by Gasteiger charge is 2.13. The Balaban J connectivity index is 2.27. The van der Waals surface area contributed by atoms with Crippen molar-refractivity contribution in [2.24, 2.45) is 7.05 Å². The van der Waals surface area contributed by atoms with Crippen LogP contribution in [0.15, 0.2) is 0 Å². The van der Waals surface area contributed by atoms with Gasteiger partial charge < -0.3 is 9.84 Å². The van der Waals surface area contributed by atoms with Crippen LogP contribution in [-0.4, -0.2) is 21.5 Å². The van der Waals surface area contributed by atoms with E-state index in [0.717, 1.165) is 17.7 Å². The minimum Gasteiger partial charge on any atom is -0.478 e. The molecule has 0 bridgehead atoms. The van der Waals surface area contributed by atoms with Crippen LogP contribution < -0.4 is 4.74 Å². The van der Waals surface area contributed by atoms with Gasteiger partial charge in [-0.15, -0.1) is 0 Å². The summed E-state index contributed by atoms with van der Waals surface area (Å²) in [5, 5.41) is 13.5. The van der Waals surface area contributed by atoms with Crippen LogP contribution in [0.5, 0.6) is 5.88 Å². The third-order valence-corrected chi connectivity index (χ3v) is 3.18. The normalized spacial score (nSPS) is 10.9. The van der Waals surface area contributed by atoms with E-state index in [4.69, 9.17) is 4.74 Å². The summed E-state index contributed by atoms with van der Waals surface area (Å²) in [6, 6.07) is 0. The number of hydrogen-bond donors (Lipinski definition) is 1. The lowest BCUT2D eigenvalue weighted by molar-refractivity contribution is 0.249. The second-order valence-electron chi connectivity index (χ2n) is 4.77. The summed E-state index contributed by atoms with van der Waals surface area (Å²) in [6.45, 7) is 4.82. The largest absolute Gasteiger partial charge is 0.478 e. The van der Waals surface area contributed by atoms with E-state index in [1.807, 2.05) is 14.0 Å². The Labute approximate surface area is 110 Å². The van der Waals surface area contributed by atoms with Crippen molar-refractivity contribution in [3.8, 4) is 5.88 Å². The van der Waals surface area contributed by atoms with Crippen LogP contribution in [0.25, 0.3) is 0 Å². The fraction of sp³-hybridized carbons (Fsp3) is 0.786. The maximum absolute atomic E-state index is 9.28. The summed E-state index contributed by atoms with van der Waals surface area (Å²) in [4.78, 5) is 0. The lowest BCUT2D eigenvalue weighted by Gasteiger charge is -2.08. The third-order valence-electron chi connectivity index (χ3n) is 3.18. The zero-order valence-electron chi connectivity index (χ0n) is 11.9. The van der Waals surface area contributed by atoms with Gasteiger partial charge in [-0.05, 0) is 13.3 Å². The SMILES string of the molecule is CCCCCCCCOc1c(CO)c(C)nn1C. The molecule has 0 aliphatic rings. The van der Waals surface area contributed by atoms with Gasteiger partial charge in [-0.1, -0.05) is 39.0 Å². The summed E-state index contributed by atoms with van der Waals surface area (Å²) < 4.78 is 7.43. The number of aliphatic hydroxyl groups is 1. The molecule has 1 rings (SSSR count). The average molecular weight is 254 g/mol. The van der Waals surface area contributed by atoms with Crippen molar-refractivity contribution in [1.29, 1.82) is 0 Å². The topological polar surface area (TPSA) is 47.3 Å². The monoisotopic (exact) mass is 254 g/mol. The van der Waals surface area contributed by atoms with Gasteiger partial charge in [0.1, 0.15) is 0 Å². The molecule has 0 fully saturated rings. The van der Waals surface area contributed by atoms with Crippen molar-refractivity contribution < 1.29 is 9.84 Å². The maximum Gasteiger partial charge on any atom is 0.217 e. The summed E-state index contributed by atoms with van der Waals surface area (Å²) in [5.41, 5.74) is 1.65. The van der Waals surface area contributed by atoms with Crippen molar-refractivity contribution in [2.45, 2.75) is 59.0 Å². The summed E-state index contributed by atoms with van der Waals surface area (Å²) in [5.74, 6) is 0.712. The molecule has 0 unspecified atom stereocenters. The minimum absolute atomic E-state index is 0.00843. The second-order valence-corrected chi connectivity index (χ2v) is 4.77. The quantitative estimate of drug-likeness (QED) is 0.689. The maximum atomic E-state index is 9.28. The molecule has 1 aromatic heterocycles. The molecule has 0 aliphatic heterocycles. The summed E-state index contributed by atoms with van der Waals surface area (Å²) in [6.07, 6.45) is 7.50. The first-order valence-corrected chi connectivity index (χ1v) is 6.96. The van der Waals surface area contributed by atoms with E-state index in [2.05, 4.69) is 12.0 Å². The molecule has 4 nitrogen and oxygen atoms in total. The second kappa shape index (κ2) is 8.14. The van der Waals surface area contributed by atoms with Crippen molar-refractivity contribution in [3.05, 3.63) is 11.3 Å². The molecule has 0 saturated heterocycles. The van der Waals surface area contributed by atoms with Gasteiger partial charge in [0, 0.05) is 7.05 Å². The number of hydrogen-bond acceptors (Lipinski definition) is 3. The summed E-state index contributed by atoms with van der Waals surface area (Å²) >= 11 is 0. The Morgan fingerprint density at radius 2 is 1.83 bits per heavy atom. The molecule has 1 heterocycles. The summed E-state index contributed by atoms with van der Waals surface area (Å²) in [7, 11) is 1.85. The highest BCUT2D eigenvalue weighted by molar-refractivity contribution is 5.29. The predicted octanol–water partition coefficient (Wildman–Crippen LogP) is 2.96. The first-order chi connectivity index (χ1) is 8.70. The molecule has 0 aromatic carbocycles. The Morgan fingerprint density at radius 1 is 1.17 bits per heavy atom. The molecule has 104 valence electrons. The number of ether oxygens (including phenoxy) is 1. The lowest BCUT2D eigenvalue weighted by atomic mass is 10.1. The van der Waals surface area contributed by atoms with Gasteiger partial charge in [-0.2, -0.15) is 5.10 Å². The number of nitrogens with zero attached hydrogens (tertiary/aromatic N) is 2. The van der Waals surface area contributed by atoms with Crippen molar-refractivity contribution in [1.82, 2.24) is 9.78 Å². The van der Waals surface area contributed by atoms with Crippen molar-refractivity contribution >= 4 is 0 Å². The van der Waals surface area contributed by atoms with Gasteiger partial charge in [-0.3, -0.25) is 0 Å². The molecule has 0 atom stereocenters. The Kier molecular flexibility index (Phi) is 6.80. The molecule has 18 heavy (non-hydrogen) atoms. The number of unbranched alkanes of at least 4 members (excludes halogenated alkanes) is 5. The van der Waals surface area contributed by atoms with Crippen molar-refractivity contribution in [2.75, 3.05) is 6.61 Å². The fourth-order valence-electron chi connectivity index (χ4n) is 2.09. The van der Waals surface area contributed by atoms with Crippen LogP contribution >= 0.6 is 0 Å². The van der Waals surface area contributed by atoms with Crippen LogP contribution in [0.2, 0.25) is 0 Å². The average Bonchev–Trinajstić information content (AvgIpc) is 2.62. The van der Waals surface area contributed by atoms with Gasteiger partial charge in [0.2, 0.25) is 5.88 Å². The Morgan fingerprint density at radius 3 is 2.50 bits per heavy atom. The Hall–Kier alpha value is -1.03. The smallest absolute Gasteiger partial charge is 0.217 e. The zero-order valence-corrected chi connectivity index (χ0v) is 11.9. The molecular formula is C14H26N2O2. The van der Waals surface area contributed by atoms with E-state index >= 15 is 0 Å². The van der Waals surface area contributed by atoms with E-state index in [9.17, 15) is 5.11 Å². The highest BCUT2D eigenvalue weighted by atomic mass is 16.5. The van der Waals surface area contributed by atoms with Crippen LogP contribution in [0.1, 0.15) is 56.7 Å². The molecule has 0 saturated carbocycles. The molecule has 1 N–H and O–H groups in total. The number of aryl methyl sites for hydroxylation is 2. The van der Waals surface area contributed by atoms with Crippen LogP contribution in [0, 0.1) is 6.92 Å². The molecule has 0 amide bonds. The molecular weight excluding hydrogens is 228 g/mol. The number of aromatic nitrogens is 2. The molecule has 4 heteroatoms. The van der Waals surface area contributed by atoms with Crippen LogP contribution in [-0.2, 0) is 13.7 Å². The van der Waals surface area contributed by atoms with Crippen LogP contribution in [0.4, 0.5) is 0 Å². The minimum atomic E-state index is -0.00843. The van der Waals surface area contributed by atoms with E-state index in [0.29, 0.717) is 12.5 Å². The first-order valence-electron chi connectivity index (χ1n) is 6.96. The third kappa shape index (κ3) is 4.33. The zero-order chi connectivity index (χ0) is 13.4. The van der Waals surface area contributed by atoms with E-state index in [1.165, 1.54) is 32.1 Å². The number of rotatable bonds is 9. The number of aliphatic hydroxyl groups excluding tert-OH is 1. The fourth-order valence-corrected chi connectivity index (χ4v) is 2.09. The first kappa shape index (κ1) is 15.0. The lowest BCUT2D eigenvalue weighted by Crippen LogP contribution is -2.04. The Bertz CT molecular complexity index is 348. The van der Waals surface area contributed by atoms with Gasteiger partial charge >= 0.3 is 0 Å². The van der Waals surface area contributed by atoms with Gasteiger partial charge in [0.05, 0.1) is 24.5 Å². The molecule has 0 spiro atoms. The van der Waals surface area contributed by atoms with Crippen LogP contribution in [0.3, 0.4) is 0 Å². The van der Waals surface area contributed by atoms with Gasteiger partial charge in [0.25, 0.3) is 0 Å². The van der Waals surface area contributed by atoms with Crippen molar-refractivity contribution in [3.63, 3.8) is 0 Å². The highest BCUT2D eigenvalue weighted by Crippen LogP contribution is 2.21. The molecule has 0 aliphatic carbocycles. The molecule has 1 aromatic rings.